The monoisotopic (exact) mass is 396 g/mol. The van der Waals surface area contributed by atoms with Crippen molar-refractivity contribution in [2.75, 3.05) is 18.5 Å². The summed E-state index contributed by atoms with van der Waals surface area (Å²) in [5, 5.41) is 13.8. The number of rotatable bonds is 6. The van der Waals surface area contributed by atoms with E-state index in [1.54, 1.807) is 24.3 Å². The molecule has 0 radical (unpaired) electrons. The first-order valence-electron chi connectivity index (χ1n) is 9.53. The Labute approximate surface area is 169 Å². The molecule has 152 valence electrons. The highest BCUT2D eigenvalue weighted by Gasteiger charge is 2.33. The number of nitrogens with one attached hydrogen (secondary N) is 2. The van der Waals surface area contributed by atoms with Crippen molar-refractivity contribution in [3.63, 3.8) is 0 Å². The Morgan fingerprint density at radius 1 is 1.07 bits per heavy atom. The number of amides is 2. The van der Waals surface area contributed by atoms with Crippen molar-refractivity contribution >= 4 is 23.5 Å². The summed E-state index contributed by atoms with van der Waals surface area (Å²) in [6.45, 7) is 2.20. The third-order valence-corrected chi connectivity index (χ3v) is 4.88. The number of carboxylic acids is 1. The molecule has 7 heteroatoms. The third-order valence-electron chi connectivity index (χ3n) is 4.88. The predicted octanol–water partition coefficient (Wildman–Crippen LogP) is 2.92. The topological polar surface area (TPSA) is 105 Å². The zero-order valence-electron chi connectivity index (χ0n) is 16.2. The van der Waals surface area contributed by atoms with Gasteiger partial charge in [0.1, 0.15) is 6.54 Å². The van der Waals surface area contributed by atoms with Crippen LogP contribution in [0.5, 0.6) is 0 Å². The maximum absolute atomic E-state index is 12.9. The molecule has 29 heavy (non-hydrogen) atoms. The summed E-state index contributed by atoms with van der Waals surface area (Å²) in [4.78, 5) is 35.3. The van der Waals surface area contributed by atoms with Crippen LogP contribution < -0.4 is 10.6 Å². The fourth-order valence-corrected chi connectivity index (χ4v) is 3.33. The summed E-state index contributed by atoms with van der Waals surface area (Å²) >= 11 is 0. The maximum atomic E-state index is 12.9. The first-order chi connectivity index (χ1) is 13.9. The van der Waals surface area contributed by atoms with E-state index in [4.69, 9.17) is 9.84 Å². The summed E-state index contributed by atoms with van der Waals surface area (Å²) < 4.78 is 5.91. The molecular weight excluding hydrogens is 372 g/mol. The predicted molar refractivity (Wildman–Crippen MR) is 108 cm³/mol. The van der Waals surface area contributed by atoms with Crippen LogP contribution in [0.1, 0.15) is 40.4 Å². The Morgan fingerprint density at radius 3 is 2.41 bits per heavy atom. The highest BCUT2D eigenvalue weighted by atomic mass is 16.5. The second kappa shape index (κ2) is 9.34. The van der Waals surface area contributed by atoms with Gasteiger partial charge in [-0.05, 0) is 49.6 Å². The van der Waals surface area contributed by atoms with Crippen LogP contribution in [0, 0.1) is 12.8 Å². The van der Waals surface area contributed by atoms with Crippen molar-refractivity contribution < 1.29 is 24.2 Å². The summed E-state index contributed by atoms with van der Waals surface area (Å²) in [7, 11) is 0. The number of carbonyl (C=O) groups is 3. The van der Waals surface area contributed by atoms with Gasteiger partial charge in [0.2, 0.25) is 5.91 Å². The largest absolute Gasteiger partial charge is 0.480 e. The van der Waals surface area contributed by atoms with E-state index in [0.29, 0.717) is 17.9 Å². The number of anilines is 1. The van der Waals surface area contributed by atoms with Crippen LogP contribution in [0.3, 0.4) is 0 Å². The van der Waals surface area contributed by atoms with Gasteiger partial charge in [0.05, 0.1) is 12.0 Å². The van der Waals surface area contributed by atoms with Crippen LogP contribution >= 0.6 is 0 Å². The molecule has 1 aliphatic heterocycles. The van der Waals surface area contributed by atoms with Crippen molar-refractivity contribution in [3.8, 4) is 0 Å². The second-order valence-electron chi connectivity index (χ2n) is 7.09. The van der Waals surface area contributed by atoms with E-state index in [2.05, 4.69) is 10.6 Å². The minimum atomic E-state index is -1.11. The average molecular weight is 396 g/mol. The van der Waals surface area contributed by atoms with Gasteiger partial charge in [-0.3, -0.25) is 14.4 Å². The van der Waals surface area contributed by atoms with Crippen molar-refractivity contribution in [3.05, 3.63) is 65.2 Å². The molecule has 0 aliphatic carbocycles. The number of carboxylic acid groups (broad SMARTS) is 1. The van der Waals surface area contributed by atoms with Crippen molar-refractivity contribution in [2.45, 2.75) is 25.9 Å². The summed E-state index contributed by atoms with van der Waals surface area (Å²) in [6, 6.07) is 14.3. The molecule has 0 bridgehead atoms. The number of ether oxygens (including phenoxy) is 1. The minimum absolute atomic E-state index is 0.127. The number of aliphatic carboxylic acids is 1. The molecule has 2 atom stereocenters. The van der Waals surface area contributed by atoms with Gasteiger partial charge in [-0.2, -0.15) is 0 Å². The number of hydrogen-bond acceptors (Lipinski definition) is 4. The Kier molecular flexibility index (Phi) is 6.61. The van der Waals surface area contributed by atoms with Gasteiger partial charge in [0, 0.05) is 17.9 Å². The minimum Gasteiger partial charge on any atom is -0.480 e. The first kappa shape index (κ1) is 20.5. The smallest absolute Gasteiger partial charge is 0.322 e. The fraction of sp³-hybridized carbons (Fsp3) is 0.318. The third kappa shape index (κ3) is 5.42. The van der Waals surface area contributed by atoms with Crippen LogP contribution in [-0.4, -0.2) is 36.0 Å². The molecule has 1 saturated heterocycles. The Bertz CT molecular complexity index is 877. The number of benzene rings is 2. The molecule has 2 amide bonds. The van der Waals surface area contributed by atoms with Crippen molar-refractivity contribution in [1.82, 2.24) is 5.32 Å². The average Bonchev–Trinajstić information content (AvgIpc) is 2.73. The van der Waals surface area contributed by atoms with Crippen LogP contribution in [0.2, 0.25) is 0 Å². The molecule has 0 saturated carbocycles. The fourth-order valence-electron chi connectivity index (χ4n) is 3.33. The molecule has 2 aromatic rings. The maximum Gasteiger partial charge on any atom is 0.322 e. The number of carbonyl (C=O) groups excluding carboxylic acids is 2. The van der Waals surface area contributed by atoms with Crippen LogP contribution in [-0.2, 0) is 14.3 Å². The quantitative estimate of drug-likeness (QED) is 0.696. The van der Waals surface area contributed by atoms with Gasteiger partial charge in [-0.1, -0.05) is 29.8 Å². The number of aryl methyl sites for hydroxylation is 1. The second-order valence-corrected chi connectivity index (χ2v) is 7.09. The Hall–Kier alpha value is -3.19. The van der Waals surface area contributed by atoms with Gasteiger partial charge in [0.15, 0.2) is 0 Å². The van der Waals surface area contributed by atoms with Crippen molar-refractivity contribution in [2.24, 2.45) is 5.92 Å². The standard InChI is InChI=1S/C22H24N2O5/c1-14-4-6-15(7-5-14)20-18(3-2-12-29-20)22(28)24-17-10-8-16(9-11-17)21(27)23-13-19(25)26/h4-11,18,20H,2-3,12-13H2,1H3,(H,23,27)(H,24,28)(H,25,26). The zero-order valence-corrected chi connectivity index (χ0v) is 16.2. The first-order valence-corrected chi connectivity index (χ1v) is 9.53. The van der Waals surface area contributed by atoms with Gasteiger partial charge >= 0.3 is 5.97 Å². The number of hydrogen-bond donors (Lipinski definition) is 3. The molecule has 3 rings (SSSR count). The lowest BCUT2D eigenvalue weighted by Crippen LogP contribution is -2.33. The van der Waals surface area contributed by atoms with E-state index in [1.807, 2.05) is 31.2 Å². The summed E-state index contributed by atoms with van der Waals surface area (Å²) in [6.07, 6.45) is 1.27. The molecular formula is C22H24N2O5. The lowest BCUT2D eigenvalue weighted by atomic mass is 9.88. The Morgan fingerprint density at radius 2 is 1.76 bits per heavy atom. The van der Waals surface area contributed by atoms with Crippen LogP contribution in [0.15, 0.2) is 48.5 Å². The molecule has 1 heterocycles. The van der Waals surface area contributed by atoms with E-state index < -0.39 is 18.4 Å². The molecule has 0 spiro atoms. The molecule has 3 N–H and O–H groups in total. The summed E-state index contributed by atoms with van der Waals surface area (Å²) in [5.41, 5.74) is 3.03. The van der Waals surface area contributed by atoms with E-state index in [-0.39, 0.29) is 17.9 Å². The van der Waals surface area contributed by atoms with Gasteiger partial charge in [0.25, 0.3) is 5.91 Å². The lowest BCUT2D eigenvalue weighted by Gasteiger charge is -2.31. The molecule has 0 aromatic heterocycles. The van der Waals surface area contributed by atoms with Gasteiger partial charge in [-0.25, -0.2) is 0 Å². The molecule has 1 fully saturated rings. The van der Waals surface area contributed by atoms with Crippen LogP contribution in [0.25, 0.3) is 0 Å². The Balaban J connectivity index is 1.65. The van der Waals surface area contributed by atoms with Crippen molar-refractivity contribution in [1.29, 1.82) is 0 Å². The molecule has 1 aliphatic rings. The van der Waals surface area contributed by atoms with Gasteiger partial charge < -0.3 is 20.5 Å². The molecule has 2 unspecified atom stereocenters. The summed E-state index contributed by atoms with van der Waals surface area (Å²) in [5.74, 6) is -2.02. The van der Waals surface area contributed by atoms with Crippen LogP contribution in [0.4, 0.5) is 5.69 Å². The molecule has 7 nitrogen and oxygen atoms in total. The SMILES string of the molecule is Cc1ccc(C2OCCCC2C(=O)Nc2ccc(C(=O)NCC(=O)O)cc2)cc1. The zero-order chi connectivity index (χ0) is 20.8. The van der Waals surface area contributed by atoms with E-state index in [0.717, 1.165) is 24.0 Å². The van der Waals surface area contributed by atoms with E-state index in [9.17, 15) is 14.4 Å². The highest BCUT2D eigenvalue weighted by molar-refractivity contribution is 5.97. The van der Waals surface area contributed by atoms with E-state index >= 15 is 0 Å². The normalized spacial score (nSPS) is 18.7. The van der Waals surface area contributed by atoms with Gasteiger partial charge in [-0.15, -0.1) is 0 Å². The lowest BCUT2D eigenvalue weighted by molar-refractivity contribution is -0.135. The molecule has 2 aromatic carbocycles. The highest BCUT2D eigenvalue weighted by Crippen LogP contribution is 2.34. The van der Waals surface area contributed by atoms with E-state index in [1.165, 1.54) is 0 Å².